The number of nitrogens with one attached hydrogen (secondary N) is 1. The van der Waals surface area contributed by atoms with Crippen LogP contribution in [0.3, 0.4) is 0 Å². The van der Waals surface area contributed by atoms with E-state index >= 15 is 0 Å². The molecular formula is C16H18ClNO. The summed E-state index contributed by atoms with van der Waals surface area (Å²) in [5.41, 5.74) is 2.91. The summed E-state index contributed by atoms with van der Waals surface area (Å²) in [7, 11) is 0. The molecule has 0 aliphatic rings. The van der Waals surface area contributed by atoms with Crippen molar-refractivity contribution in [3.63, 3.8) is 0 Å². The molecule has 0 aliphatic heterocycles. The van der Waals surface area contributed by atoms with Crippen molar-refractivity contribution >= 4 is 11.6 Å². The summed E-state index contributed by atoms with van der Waals surface area (Å²) in [4.78, 5) is 0. The van der Waals surface area contributed by atoms with Crippen molar-refractivity contribution in [2.24, 2.45) is 0 Å². The molecule has 100 valence electrons. The first kappa shape index (κ1) is 14.1. The second kappa shape index (κ2) is 6.71. The molecule has 19 heavy (non-hydrogen) atoms. The first-order chi connectivity index (χ1) is 9.22. The van der Waals surface area contributed by atoms with Gasteiger partial charge < -0.3 is 10.4 Å². The smallest absolute Gasteiger partial charge is 0.104 e. The van der Waals surface area contributed by atoms with Crippen LogP contribution in [-0.4, -0.2) is 11.7 Å². The van der Waals surface area contributed by atoms with Gasteiger partial charge in [-0.2, -0.15) is 0 Å². The van der Waals surface area contributed by atoms with Crippen LogP contribution < -0.4 is 5.32 Å². The van der Waals surface area contributed by atoms with E-state index in [-0.39, 0.29) is 0 Å². The van der Waals surface area contributed by atoms with Gasteiger partial charge in [0.2, 0.25) is 0 Å². The molecule has 0 saturated carbocycles. The lowest BCUT2D eigenvalue weighted by atomic mass is 9.97. The quantitative estimate of drug-likeness (QED) is 0.875. The van der Waals surface area contributed by atoms with E-state index in [1.807, 2.05) is 36.4 Å². The van der Waals surface area contributed by atoms with Crippen LogP contribution in [0.25, 0.3) is 0 Å². The molecule has 0 fully saturated rings. The van der Waals surface area contributed by atoms with E-state index in [0.29, 0.717) is 5.02 Å². The summed E-state index contributed by atoms with van der Waals surface area (Å²) < 4.78 is 0. The molecule has 2 N–H and O–H groups in total. The Labute approximate surface area is 119 Å². The van der Waals surface area contributed by atoms with Gasteiger partial charge in [0, 0.05) is 11.6 Å². The van der Waals surface area contributed by atoms with Gasteiger partial charge in [0.1, 0.15) is 6.10 Å². The van der Waals surface area contributed by atoms with E-state index in [4.69, 9.17) is 11.6 Å². The largest absolute Gasteiger partial charge is 0.384 e. The Morgan fingerprint density at radius 2 is 1.79 bits per heavy atom. The van der Waals surface area contributed by atoms with E-state index in [1.165, 1.54) is 0 Å². The number of hydrogen-bond acceptors (Lipinski definition) is 2. The average Bonchev–Trinajstić information content (AvgIpc) is 2.45. The molecule has 0 aliphatic carbocycles. The van der Waals surface area contributed by atoms with E-state index in [2.05, 4.69) is 12.2 Å². The molecule has 0 aromatic heterocycles. The molecule has 0 bridgehead atoms. The predicted molar refractivity (Wildman–Crippen MR) is 79.3 cm³/mol. The fraction of sp³-hybridized carbons (Fsp3) is 0.250. The summed E-state index contributed by atoms with van der Waals surface area (Å²) >= 11 is 5.87. The van der Waals surface area contributed by atoms with Crippen molar-refractivity contribution in [2.45, 2.75) is 19.6 Å². The zero-order valence-corrected chi connectivity index (χ0v) is 11.7. The minimum Gasteiger partial charge on any atom is -0.384 e. The SMILES string of the molecule is CCNCc1ccccc1[C@H](O)c1ccc(Cl)cc1. The van der Waals surface area contributed by atoms with Crippen LogP contribution in [0, 0.1) is 0 Å². The molecule has 0 spiro atoms. The van der Waals surface area contributed by atoms with Crippen molar-refractivity contribution in [3.8, 4) is 0 Å². The maximum Gasteiger partial charge on any atom is 0.104 e. The molecule has 2 nitrogen and oxygen atoms in total. The van der Waals surface area contributed by atoms with Gasteiger partial charge in [-0.05, 0) is 35.4 Å². The van der Waals surface area contributed by atoms with E-state index in [9.17, 15) is 5.11 Å². The Balaban J connectivity index is 2.27. The van der Waals surface area contributed by atoms with Gasteiger partial charge in [0.15, 0.2) is 0 Å². The molecular weight excluding hydrogens is 258 g/mol. The van der Waals surface area contributed by atoms with Crippen LogP contribution in [0.1, 0.15) is 29.7 Å². The highest BCUT2D eigenvalue weighted by Gasteiger charge is 2.13. The third kappa shape index (κ3) is 3.57. The van der Waals surface area contributed by atoms with Gasteiger partial charge in [-0.3, -0.25) is 0 Å². The summed E-state index contributed by atoms with van der Waals surface area (Å²) in [5.74, 6) is 0. The number of rotatable bonds is 5. The minimum absolute atomic E-state index is 0.618. The van der Waals surface area contributed by atoms with Gasteiger partial charge in [-0.15, -0.1) is 0 Å². The van der Waals surface area contributed by atoms with Crippen LogP contribution >= 0.6 is 11.6 Å². The highest BCUT2D eigenvalue weighted by molar-refractivity contribution is 6.30. The fourth-order valence-electron chi connectivity index (χ4n) is 2.05. The molecule has 3 heteroatoms. The molecule has 1 atom stereocenters. The van der Waals surface area contributed by atoms with E-state index in [1.54, 1.807) is 12.1 Å². The molecule has 0 amide bonds. The highest BCUT2D eigenvalue weighted by Crippen LogP contribution is 2.26. The van der Waals surface area contributed by atoms with Gasteiger partial charge in [0.25, 0.3) is 0 Å². The second-order valence-electron chi connectivity index (χ2n) is 4.43. The Morgan fingerprint density at radius 3 is 2.47 bits per heavy atom. The van der Waals surface area contributed by atoms with Crippen molar-refractivity contribution < 1.29 is 5.11 Å². The van der Waals surface area contributed by atoms with Crippen LogP contribution in [0.15, 0.2) is 48.5 Å². The van der Waals surface area contributed by atoms with Gasteiger partial charge in [0.05, 0.1) is 0 Å². The molecule has 0 radical (unpaired) electrons. The van der Waals surface area contributed by atoms with Crippen LogP contribution in [0.5, 0.6) is 0 Å². The summed E-state index contributed by atoms with van der Waals surface area (Å²) in [6.45, 7) is 3.74. The van der Waals surface area contributed by atoms with Crippen molar-refractivity contribution in [2.75, 3.05) is 6.54 Å². The maximum atomic E-state index is 10.5. The van der Waals surface area contributed by atoms with E-state index < -0.39 is 6.10 Å². The minimum atomic E-state index is -0.618. The first-order valence-corrected chi connectivity index (χ1v) is 6.82. The number of halogens is 1. The lowest BCUT2D eigenvalue weighted by Crippen LogP contribution is -2.14. The number of benzene rings is 2. The molecule has 2 aromatic carbocycles. The zero-order valence-electron chi connectivity index (χ0n) is 10.9. The van der Waals surface area contributed by atoms with Crippen LogP contribution in [0.2, 0.25) is 5.02 Å². The average molecular weight is 276 g/mol. The van der Waals surface area contributed by atoms with Crippen LogP contribution in [-0.2, 0) is 6.54 Å². The Kier molecular flexibility index (Phi) is 4.97. The number of hydrogen-bond donors (Lipinski definition) is 2. The second-order valence-corrected chi connectivity index (χ2v) is 4.87. The zero-order chi connectivity index (χ0) is 13.7. The molecule has 0 saturated heterocycles. The third-order valence-corrected chi connectivity index (χ3v) is 3.35. The number of aliphatic hydroxyl groups excluding tert-OH is 1. The predicted octanol–water partition coefficient (Wildman–Crippen LogP) is 3.53. The highest BCUT2D eigenvalue weighted by atomic mass is 35.5. The van der Waals surface area contributed by atoms with E-state index in [0.717, 1.165) is 29.8 Å². The van der Waals surface area contributed by atoms with Gasteiger partial charge in [-0.1, -0.05) is 54.9 Å². The Bertz CT molecular complexity index is 525. The number of aliphatic hydroxyl groups is 1. The third-order valence-electron chi connectivity index (χ3n) is 3.10. The summed E-state index contributed by atoms with van der Waals surface area (Å²) in [6, 6.07) is 15.3. The lowest BCUT2D eigenvalue weighted by Gasteiger charge is -2.16. The summed E-state index contributed by atoms with van der Waals surface area (Å²) in [5, 5.41) is 14.5. The van der Waals surface area contributed by atoms with Gasteiger partial charge in [-0.25, -0.2) is 0 Å². The summed E-state index contributed by atoms with van der Waals surface area (Å²) in [6.07, 6.45) is -0.618. The maximum absolute atomic E-state index is 10.5. The van der Waals surface area contributed by atoms with Gasteiger partial charge >= 0.3 is 0 Å². The topological polar surface area (TPSA) is 32.3 Å². The van der Waals surface area contributed by atoms with Crippen molar-refractivity contribution in [1.82, 2.24) is 5.32 Å². The van der Waals surface area contributed by atoms with Crippen LogP contribution in [0.4, 0.5) is 0 Å². The Morgan fingerprint density at radius 1 is 1.11 bits per heavy atom. The fourth-order valence-corrected chi connectivity index (χ4v) is 2.17. The van der Waals surface area contributed by atoms with Crippen molar-refractivity contribution in [1.29, 1.82) is 0 Å². The molecule has 0 heterocycles. The lowest BCUT2D eigenvalue weighted by molar-refractivity contribution is 0.219. The molecule has 0 unspecified atom stereocenters. The monoisotopic (exact) mass is 275 g/mol. The van der Waals surface area contributed by atoms with Crippen molar-refractivity contribution in [3.05, 3.63) is 70.2 Å². The Hall–Kier alpha value is -1.35. The normalized spacial score (nSPS) is 12.4. The molecule has 2 rings (SSSR count). The first-order valence-electron chi connectivity index (χ1n) is 6.44. The molecule has 2 aromatic rings. The standard InChI is InChI=1S/C16H18ClNO/c1-2-18-11-13-5-3-4-6-15(13)16(19)12-7-9-14(17)10-8-12/h3-10,16,18-19H,2,11H2,1H3/t16-/m1/s1.